The van der Waals surface area contributed by atoms with Crippen LogP contribution >= 0.6 is 0 Å². The first-order valence-electron chi connectivity index (χ1n) is 6.22. The Morgan fingerprint density at radius 3 is 2.58 bits per heavy atom. The molecule has 0 amide bonds. The highest BCUT2D eigenvalue weighted by molar-refractivity contribution is 5.99. The molecule has 0 unspecified atom stereocenters. The fraction of sp³-hybridized carbons (Fsp3) is 0.267. The molecular formula is C15H16O4. The van der Waals surface area contributed by atoms with E-state index in [2.05, 4.69) is 0 Å². The first kappa shape index (κ1) is 13.2. The number of benzene rings is 2. The molecule has 0 saturated carbocycles. The van der Waals surface area contributed by atoms with Gasteiger partial charge in [0.2, 0.25) is 0 Å². The molecule has 2 aromatic carbocycles. The Morgan fingerprint density at radius 2 is 1.89 bits per heavy atom. The fourth-order valence-corrected chi connectivity index (χ4v) is 1.91. The van der Waals surface area contributed by atoms with Gasteiger partial charge in [-0.3, -0.25) is 0 Å². The van der Waals surface area contributed by atoms with Gasteiger partial charge in [0.1, 0.15) is 17.1 Å². The van der Waals surface area contributed by atoms with E-state index in [4.69, 9.17) is 9.47 Å². The van der Waals surface area contributed by atoms with Crippen LogP contribution in [0.15, 0.2) is 30.3 Å². The predicted molar refractivity (Wildman–Crippen MR) is 72.7 cm³/mol. The molecule has 0 heterocycles. The molecule has 0 saturated heterocycles. The standard InChI is InChI=1S/C15H16O4/c1-3-18-14-9-10-5-6-12(16)7-11(10)8-13(14)15(17)19-4-2/h5-9,16H,3-4H2,1-2H3. The molecule has 2 rings (SSSR count). The van der Waals surface area contributed by atoms with Crippen LogP contribution in [0.2, 0.25) is 0 Å². The van der Waals surface area contributed by atoms with Crippen LogP contribution in [-0.2, 0) is 4.74 Å². The molecule has 4 nitrogen and oxygen atoms in total. The van der Waals surface area contributed by atoms with Crippen LogP contribution in [0.1, 0.15) is 24.2 Å². The first-order chi connectivity index (χ1) is 9.15. The highest BCUT2D eigenvalue weighted by atomic mass is 16.5. The highest BCUT2D eigenvalue weighted by Crippen LogP contribution is 2.29. The van der Waals surface area contributed by atoms with Crippen molar-refractivity contribution in [2.24, 2.45) is 0 Å². The minimum Gasteiger partial charge on any atom is -0.508 e. The van der Waals surface area contributed by atoms with Gasteiger partial charge in [-0.25, -0.2) is 4.79 Å². The summed E-state index contributed by atoms with van der Waals surface area (Å²) in [6.45, 7) is 4.39. The molecule has 4 heteroatoms. The molecule has 0 aliphatic carbocycles. The Kier molecular flexibility index (Phi) is 3.90. The van der Waals surface area contributed by atoms with Crippen molar-refractivity contribution in [2.45, 2.75) is 13.8 Å². The van der Waals surface area contributed by atoms with E-state index in [0.29, 0.717) is 24.5 Å². The summed E-state index contributed by atoms with van der Waals surface area (Å²) in [5.74, 6) is 0.238. The summed E-state index contributed by atoms with van der Waals surface area (Å²) in [4.78, 5) is 11.9. The van der Waals surface area contributed by atoms with Gasteiger partial charge >= 0.3 is 5.97 Å². The van der Waals surface area contributed by atoms with Crippen LogP contribution in [0.4, 0.5) is 0 Å². The van der Waals surface area contributed by atoms with Crippen molar-refractivity contribution in [1.82, 2.24) is 0 Å². The van der Waals surface area contributed by atoms with Crippen LogP contribution in [0.5, 0.6) is 11.5 Å². The van der Waals surface area contributed by atoms with Gasteiger partial charge in [-0.15, -0.1) is 0 Å². The van der Waals surface area contributed by atoms with E-state index >= 15 is 0 Å². The Hall–Kier alpha value is -2.23. The quantitative estimate of drug-likeness (QED) is 0.858. The maximum Gasteiger partial charge on any atom is 0.341 e. The Bertz CT molecular complexity index is 604. The number of carbonyl (C=O) groups is 1. The average molecular weight is 260 g/mol. The summed E-state index contributed by atoms with van der Waals surface area (Å²) in [6.07, 6.45) is 0. The van der Waals surface area contributed by atoms with Gasteiger partial charge in [0.25, 0.3) is 0 Å². The molecule has 0 bridgehead atoms. The van der Waals surface area contributed by atoms with E-state index in [-0.39, 0.29) is 5.75 Å². The molecule has 0 radical (unpaired) electrons. The lowest BCUT2D eigenvalue weighted by Gasteiger charge is -2.11. The number of aromatic hydroxyl groups is 1. The number of fused-ring (bicyclic) bond motifs is 1. The molecule has 19 heavy (non-hydrogen) atoms. The van der Waals surface area contributed by atoms with Crippen molar-refractivity contribution in [3.8, 4) is 11.5 Å². The Balaban J connectivity index is 2.57. The lowest BCUT2D eigenvalue weighted by atomic mass is 10.1. The third-order valence-corrected chi connectivity index (χ3v) is 2.72. The second kappa shape index (κ2) is 5.61. The van der Waals surface area contributed by atoms with E-state index in [1.807, 2.05) is 6.92 Å². The van der Waals surface area contributed by atoms with Crippen molar-refractivity contribution < 1.29 is 19.4 Å². The average Bonchev–Trinajstić information content (AvgIpc) is 2.39. The maximum atomic E-state index is 11.9. The third kappa shape index (κ3) is 2.78. The molecule has 0 fully saturated rings. The van der Waals surface area contributed by atoms with Gasteiger partial charge < -0.3 is 14.6 Å². The van der Waals surface area contributed by atoms with Gasteiger partial charge in [-0.1, -0.05) is 6.07 Å². The minimum atomic E-state index is -0.420. The molecule has 0 aliphatic rings. The zero-order chi connectivity index (χ0) is 13.8. The van der Waals surface area contributed by atoms with Crippen molar-refractivity contribution >= 4 is 16.7 Å². The van der Waals surface area contributed by atoms with Gasteiger partial charge in [0.15, 0.2) is 0 Å². The smallest absolute Gasteiger partial charge is 0.341 e. The summed E-state index contributed by atoms with van der Waals surface area (Å²) >= 11 is 0. The number of ether oxygens (including phenoxy) is 2. The fourth-order valence-electron chi connectivity index (χ4n) is 1.91. The summed E-state index contributed by atoms with van der Waals surface area (Å²) in [7, 11) is 0. The normalized spacial score (nSPS) is 10.4. The molecule has 0 spiro atoms. The maximum absolute atomic E-state index is 11.9. The van der Waals surface area contributed by atoms with Crippen molar-refractivity contribution in [3.05, 3.63) is 35.9 Å². The van der Waals surface area contributed by atoms with Gasteiger partial charge in [0.05, 0.1) is 13.2 Å². The number of phenolic OH excluding ortho intramolecular Hbond substituents is 1. The van der Waals surface area contributed by atoms with Crippen molar-refractivity contribution in [3.63, 3.8) is 0 Å². The van der Waals surface area contributed by atoms with Crippen molar-refractivity contribution in [1.29, 1.82) is 0 Å². The molecule has 100 valence electrons. The zero-order valence-electron chi connectivity index (χ0n) is 11.0. The Morgan fingerprint density at radius 1 is 1.11 bits per heavy atom. The monoisotopic (exact) mass is 260 g/mol. The number of rotatable bonds is 4. The van der Waals surface area contributed by atoms with E-state index in [1.165, 1.54) is 0 Å². The lowest BCUT2D eigenvalue weighted by Crippen LogP contribution is -2.07. The van der Waals surface area contributed by atoms with Gasteiger partial charge in [0, 0.05) is 0 Å². The number of esters is 1. The number of hydrogen-bond donors (Lipinski definition) is 1. The van der Waals surface area contributed by atoms with Crippen LogP contribution in [0.3, 0.4) is 0 Å². The van der Waals surface area contributed by atoms with E-state index in [1.54, 1.807) is 37.3 Å². The Labute approximate surface area is 111 Å². The molecule has 0 aromatic heterocycles. The van der Waals surface area contributed by atoms with Crippen LogP contribution in [-0.4, -0.2) is 24.3 Å². The third-order valence-electron chi connectivity index (χ3n) is 2.72. The van der Waals surface area contributed by atoms with Gasteiger partial charge in [-0.2, -0.15) is 0 Å². The van der Waals surface area contributed by atoms with Crippen LogP contribution < -0.4 is 4.74 Å². The molecule has 1 N–H and O–H groups in total. The minimum absolute atomic E-state index is 0.159. The number of phenols is 1. The predicted octanol–water partition coefficient (Wildman–Crippen LogP) is 3.12. The number of carbonyl (C=O) groups excluding carboxylic acids is 1. The first-order valence-corrected chi connectivity index (χ1v) is 6.22. The molecule has 0 aliphatic heterocycles. The van der Waals surface area contributed by atoms with E-state index in [9.17, 15) is 9.90 Å². The van der Waals surface area contributed by atoms with E-state index < -0.39 is 5.97 Å². The van der Waals surface area contributed by atoms with Crippen molar-refractivity contribution in [2.75, 3.05) is 13.2 Å². The summed E-state index contributed by atoms with van der Waals surface area (Å²) in [5, 5.41) is 11.2. The topological polar surface area (TPSA) is 55.8 Å². The highest BCUT2D eigenvalue weighted by Gasteiger charge is 2.15. The SMILES string of the molecule is CCOC(=O)c1cc2cc(O)ccc2cc1OCC. The van der Waals surface area contributed by atoms with E-state index in [0.717, 1.165) is 10.8 Å². The lowest BCUT2D eigenvalue weighted by molar-refractivity contribution is 0.0522. The molecular weight excluding hydrogens is 244 g/mol. The second-order valence-electron chi connectivity index (χ2n) is 4.03. The summed E-state index contributed by atoms with van der Waals surface area (Å²) < 4.78 is 10.5. The number of hydrogen-bond acceptors (Lipinski definition) is 4. The summed E-state index contributed by atoms with van der Waals surface area (Å²) in [5.41, 5.74) is 0.377. The van der Waals surface area contributed by atoms with Crippen LogP contribution in [0.25, 0.3) is 10.8 Å². The summed E-state index contributed by atoms with van der Waals surface area (Å²) in [6, 6.07) is 8.45. The second-order valence-corrected chi connectivity index (χ2v) is 4.03. The zero-order valence-corrected chi connectivity index (χ0v) is 11.0. The van der Waals surface area contributed by atoms with Crippen LogP contribution in [0, 0.1) is 0 Å². The molecule has 0 atom stereocenters. The molecule has 2 aromatic rings. The largest absolute Gasteiger partial charge is 0.508 e. The van der Waals surface area contributed by atoms with Gasteiger partial charge in [-0.05, 0) is 48.9 Å².